The van der Waals surface area contributed by atoms with Gasteiger partial charge in [-0.2, -0.15) is 13.2 Å². The van der Waals surface area contributed by atoms with Crippen LogP contribution in [0, 0.1) is 0 Å². The van der Waals surface area contributed by atoms with Gasteiger partial charge in [-0.3, -0.25) is 4.79 Å². The Morgan fingerprint density at radius 1 is 1.25 bits per heavy atom. The Hall–Kier alpha value is -1.56. The van der Waals surface area contributed by atoms with Crippen molar-refractivity contribution in [1.82, 2.24) is 4.90 Å². The monoisotopic (exact) mass is 288 g/mol. The SMILES string of the molecule is CCN(CCc1ccccc1)C(=O)C(C)(N)C(F)(F)F. The number of hydrogen-bond donors (Lipinski definition) is 1. The summed E-state index contributed by atoms with van der Waals surface area (Å²) in [7, 11) is 0. The van der Waals surface area contributed by atoms with Gasteiger partial charge < -0.3 is 10.6 Å². The van der Waals surface area contributed by atoms with Crippen LogP contribution in [0.4, 0.5) is 13.2 Å². The van der Waals surface area contributed by atoms with E-state index < -0.39 is 17.6 Å². The minimum atomic E-state index is -4.76. The van der Waals surface area contributed by atoms with Gasteiger partial charge in [0.05, 0.1) is 0 Å². The van der Waals surface area contributed by atoms with E-state index in [1.165, 1.54) is 0 Å². The van der Waals surface area contributed by atoms with Gasteiger partial charge in [0.2, 0.25) is 0 Å². The maximum absolute atomic E-state index is 12.8. The highest BCUT2D eigenvalue weighted by Crippen LogP contribution is 2.29. The van der Waals surface area contributed by atoms with Gasteiger partial charge in [-0.1, -0.05) is 30.3 Å². The zero-order chi connectivity index (χ0) is 15.4. The molecule has 0 aliphatic rings. The van der Waals surface area contributed by atoms with Crippen molar-refractivity contribution in [2.45, 2.75) is 32.0 Å². The number of nitrogens with two attached hydrogens (primary N) is 1. The normalized spacial score (nSPS) is 14.7. The molecule has 0 aliphatic heterocycles. The lowest BCUT2D eigenvalue weighted by molar-refractivity contribution is -0.193. The average molecular weight is 288 g/mol. The Balaban J connectivity index is 2.74. The summed E-state index contributed by atoms with van der Waals surface area (Å²) in [4.78, 5) is 13.1. The number of carbonyl (C=O) groups excluding carboxylic acids is 1. The van der Waals surface area contributed by atoms with E-state index in [-0.39, 0.29) is 13.1 Å². The molecule has 1 aromatic rings. The molecule has 0 saturated heterocycles. The number of amides is 1. The van der Waals surface area contributed by atoms with E-state index in [0.29, 0.717) is 13.3 Å². The largest absolute Gasteiger partial charge is 0.415 e. The summed E-state index contributed by atoms with van der Waals surface area (Å²) in [5.41, 5.74) is 3.28. The maximum Gasteiger partial charge on any atom is 0.415 e. The third kappa shape index (κ3) is 3.72. The van der Waals surface area contributed by atoms with Crippen molar-refractivity contribution in [2.75, 3.05) is 13.1 Å². The summed E-state index contributed by atoms with van der Waals surface area (Å²) >= 11 is 0. The highest BCUT2D eigenvalue weighted by Gasteiger charge is 2.55. The lowest BCUT2D eigenvalue weighted by Gasteiger charge is -2.32. The molecular formula is C14H19F3N2O. The molecule has 1 amide bonds. The second-order valence-electron chi connectivity index (χ2n) is 4.82. The van der Waals surface area contributed by atoms with Gasteiger partial charge >= 0.3 is 6.18 Å². The first-order valence-electron chi connectivity index (χ1n) is 6.39. The van der Waals surface area contributed by atoms with Crippen LogP contribution < -0.4 is 5.73 Å². The molecule has 1 rings (SSSR count). The Bertz CT molecular complexity index is 443. The van der Waals surface area contributed by atoms with Gasteiger partial charge in [-0.05, 0) is 25.8 Å². The standard InChI is InChI=1S/C14H19F3N2O/c1-3-19(10-9-11-7-5-4-6-8-11)12(20)13(2,18)14(15,16)17/h4-8H,3,9-10,18H2,1-2H3. The molecule has 0 heterocycles. The number of rotatable bonds is 5. The summed E-state index contributed by atoms with van der Waals surface area (Å²) < 4.78 is 38.3. The molecule has 6 heteroatoms. The predicted molar refractivity (Wildman–Crippen MR) is 71.0 cm³/mol. The molecule has 2 N–H and O–H groups in total. The van der Waals surface area contributed by atoms with Crippen molar-refractivity contribution in [3.05, 3.63) is 35.9 Å². The molecule has 1 unspecified atom stereocenters. The van der Waals surface area contributed by atoms with Crippen molar-refractivity contribution in [3.63, 3.8) is 0 Å². The van der Waals surface area contributed by atoms with Crippen LogP contribution in [0.15, 0.2) is 30.3 Å². The average Bonchev–Trinajstić information content (AvgIpc) is 2.39. The minimum Gasteiger partial charge on any atom is -0.341 e. The first-order valence-corrected chi connectivity index (χ1v) is 6.39. The molecule has 0 bridgehead atoms. The Morgan fingerprint density at radius 2 is 1.80 bits per heavy atom. The maximum atomic E-state index is 12.8. The van der Waals surface area contributed by atoms with Gasteiger partial charge in [0.1, 0.15) is 0 Å². The van der Waals surface area contributed by atoms with E-state index in [0.717, 1.165) is 10.5 Å². The second kappa shape index (κ2) is 6.26. The van der Waals surface area contributed by atoms with Crippen LogP contribution in [0.25, 0.3) is 0 Å². The third-order valence-electron chi connectivity index (χ3n) is 3.22. The predicted octanol–water partition coefficient (Wildman–Crippen LogP) is 2.36. The first-order chi connectivity index (χ1) is 9.20. The molecule has 1 aromatic carbocycles. The van der Waals surface area contributed by atoms with Crippen molar-refractivity contribution >= 4 is 5.91 Å². The van der Waals surface area contributed by atoms with Crippen LogP contribution in [-0.4, -0.2) is 35.6 Å². The van der Waals surface area contributed by atoms with E-state index in [1.54, 1.807) is 6.92 Å². The van der Waals surface area contributed by atoms with Gasteiger partial charge in [0, 0.05) is 13.1 Å². The smallest absolute Gasteiger partial charge is 0.341 e. The summed E-state index contributed by atoms with van der Waals surface area (Å²) in [5, 5.41) is 0. The van der Waals surface area contributed by atoms with E-state index in [4.69, 9.17) is 5.73 Å². The Morgan fingerprint density at radius 3 is 2.25 bits per heavy atom. The van der Waals surface area contributed by atoms with E-state index in [9.17, 15) is 18.0 Å². The Labute approximate surface area is 116 Å². The van der Waals surface area contributed by atoms with Gasteiger partial charge in [-0.25, -0.2) is 0 Å². The molecule has 0 radical (unpaired) electrons. The summed E-state index contributed by atoms with van der Waals surface area (Å²) in [6.07, 6.45) is -4.27. The minimum absolute atomic E-state index is 0.189. The summed E-state index contributed by atoms with van der Waals surface area (Å²) in [5.74, 6) is -1.09. The van der Waals surface area contributed by atoms with E-state index in [2.05, 4.69) is 0 Å². The molecule has 0 aliphatic carbocycles. The highest BCUT2D eigenvalue weighted by atomic mass is 19.4. The van der Waals surface area contributed by atoms with Crippen LogP contribution in [0.2, 0.25) is 0 Å². The van der Waals surface area contributed by atoms with Crippen molar-refractivity contribution in [3.8, 4) is 0 Å². The molecule has 112 valence electrons. The number of hydrogen-bond acceptors (Lipinski definition) is 2. The number of halogens is 3. The lowest BCUT2D eigenvalue weighted by atomic mass is 10.0. The van der Waals surface area contributed by atoms with Gasteiger partial charge in [0.25, 0.3) is 5.91 Å². The molecule has 0 spiro atoms. The van der Waals surface area contributed by atoms with E-state index >= 15 is 0 Å². The van der Waals surface area contributed by atoms with Crippen LogP contribution in [0.3, 0.4) is 0 Å². The molecule has 20 heavy (non-hydrogen) atoms. The topological polar surface area (TPSA) is 46.3 Å². The second-order valence-corrected chi connectivity index (χ2v) is 4.82. The molecule has 0 fully saturated rings. The van der Waals surface area contributed by atoms with Crippen molar-refractivity contribution in [1.29, 1.82) is 0 Å². The fraction of sp³-hybridized carbons (Fsp3) is 0.500. The van der Waals surface area contributed by atoms with Crippen LogP contribution in [-0.2, 0) is 11.2 Å². The molecular weight excluding hydrogens is 269 g/mol. The zero-order valence-electron chi connectivity index (χ0n) is 11.6. The van der Waals surface area contributed by atoms with Crippen LogP contribution in [0.5, 0.6) is 0 Å². The lowest BCUT2D eigenvalue weighted by Crippen LogP contribution is -2.62. The molecule has 1 atom stereocenters. The number of alkyl halides is 3. The highest BCUT2D eigenvalue weighted by molar-refractivity contribution is 5.86. The van der Waals surface area contributed by atoms with Gasteiger partial charge in [0.15, 0.2) is 5.54 Å². The van der Waals surface area contributed by atoms with Crippen molar-refractivity contribution < 1.29 is 18.0 Å². The first kappa shape index (κ1) is 16.5. The van der Waals surface area contributed by atoms with Gasteiger partial charge in [-0.15, -0.1) is 0 Å². The molecule has 0 saturated carbocycles. The fourth-order valence-corrected chi connectivity index (χ4v) is 1.76. The zero-order valence-corrected chi connectivity index (χ0v) is 11.6. The number of nitrogens with zero attached hydrogens (tertiary/aromatic N) is 1. The Kier molecular flexibility index (Phi) is 5.16. The van der Waals surface area contributed by atoms with Crippen molar-refractivity contribution in [2.24, 2.45) is 5.73 Å². The van der Waals surface area contributed by atoms with Crippen LogP contribution >= 0.6 is 0 Å². The van der Waals surface area contributed by atoms with E-state index in [1.807, 2.05) is 30.3 Å². The quantitative estimate of drug-likeness (QED) is 0.904. The number of benzene rings is 1. The molecule has 3 nitrogen and oxygen atoms in total. The molecule has 0 aromatic heterocycles. The third-order valence-corrected chi connectivity index (χ3v) is 3.22. The van der Waals surface area contributed by atoms with Crippen LogP contribution in [0.1, 0.15) is 19.4 Å². The fourth-order valence-electron chi connectivity index (χ4n) is 1.76. The summed E-state index contributed by atoms with van der Waals surface area (Å²) in [6, 6.07) is 9.27. The number of likely N-dealkylation sites (N-methyl/N-ethyl adjacent to an activating group) is 1. The summed E-state index contributed by atoms with van der Waals surface area (Å²) in [6.45, 7) is 2.74. The number of carbonyl (C=O) groups is 1.